The van der Waals surface area contributed by atoms with E-state index in [0.717, 1.165) is 31.9 Å². The van der Waals surface area contributed by atoms with E-state index in [1.54, 1.807) is 25.3 Å². The maximum absolute atomic E-state index is 13.4. The van der Waals surface area contributed by atoms with Gasteiger partial charge < -0.3 is 24.0 Å². The number of nitrogens with zero attached hydrogens (tertiary/aromatic N) is 2. The van der Waals surface area contributed by atoms with Crippen LogP contribution in [0.2, 0.25) is 0 Å². The van der Waals surface area contributed by atoms with Gasteiger partial charge in [-0.25, -0.2) is 8.42 Å². The second kappa shape index (κ2) is 7.47. The van der Waals surface area contributed by atoms with Crippen molar-refractivity contribution in [1.82, 2.24) is 4.90 Å². The van der Waals surface area contributed by atoms with Crippen molar-refractivity contribution in [2.24, 2.45) is 0 Å². The van der Waals surface area contributed by atoms with Gasteiger partial charge in [0.25, 0.3) is 10.0 Å². The zero-order valence-corrected chi connectivity index (χ0v) is 17.2. The Morgan fingerprint density at radius 3 is 2.53 bits per heavy atom. The first-order valence-corrected chi connectivity index (χ1v) is 10.7. The minimum Gasteiger partial charge on any atom is -0.495 e. The summed E-state index contributed by atoms with van der Waals surface area (Å²) in [4.78, 5) is 3.87. The maximum Gasteiger partial charge on any atom is 0.586 e. The van der Waals surface area contributed by atoms with Crippen LogP contribution in [0, 0.1) is 0 Å². The number of hydrogen-bond acceptors (Lipinski definition) is 7. The largest absolute Gasteiger partial charge is 0.586 e. The molecule has 2 heterocycles. The molecule has 8 nitrogen and oxygen atoms in total. The Hall–Kier alpha value is -2.79. The van der Waals surface area contributed by atoms with Crippen molar-refractivity contribution in [2.45, 2.75) is 11.2 Å². The highest BCUT2D eigenvalue weighted by atomic mass is 32.2. The van der Waals surface area contributed by atoms with Crippen LogP contribution in [0.1, 0.15) is 0 Å². The number of para-hydroxylation sites is 1. The van der Waals surface area contributed by atoms with Gasteiger partial charge in [-0.3, -0.25) is 4.72 Å². The van der Waals surface area contributed by atoms with Crippen molar-refractivity contribution in [2.75, 3.05) is 50.0 Å². The third-order valence-electron chi connectivity index (χ3n) is 4.96. The van der Waals surface area contributed by atoms with Crippen LogP contribution in [0.15, 0.2) is 41.3 Å². The molecule has 1 fully saturated rings. The van der Waals surface area contributed by atoms with Crippen LogP contribution in [0.5, 0.6) is 17.2 Å². The smallest absolute Gasteiger partial charge is 0.495 e. The number of anilines is 2. The summed E-state index contributed by atoms with van der Waals surface area (Å²) in [5.41, 5.74) is 1.02. The van der Waals surface area contributed by atoms with Gasteiger partial charge in [0.15, 0.2) is 11.5 Å². The van der Waals surface area contributed by atoms with Crippen LogP contribution in [0.25, 0.3) is 0 Å². The molecule has 0 aromatic heterocycles. The van der Waals surface area contributed by atoms with E-state index in [1.165, 1.54) is 18.2 Å². The summed E-state index contributed by atoms with van der Waals surface area (Å²) in [6.07, 6.45) is -3.91. The molecule has 0 amide bonds. The zero-order valence-electron chi connectivity index (χ0n) is 16.4. The average Bonchev–Trinajstić information content (AvgIpc) is 3.01. The van der Waals surface area contributed by atoms with Crippen molar-refractivity contribution in [3.63, 3.8) is 0 Å². The molecule has 162 valence electrons. The molecule has 1 N–H and O–H groups in total. The standard InChI is InChI=1S/C19H21F2N3O5S/c1-23-8-10-24(11-9-23)14-12-13(6-7-15(14)27-2)22-30(25,26)17-5-3-4-16-18(17)29-19(20,21)28-16/h3-7,12,22H,8-11H2,1-2H3. The fraction of sp³-hybridized carbons (Fsp3) is 0.368. The van der Waals surface area contributed by atoms with E-state index in [1.807, 2.05) is 7.05 Å². The first-order valence-electron chi connectivity index (χ1n) is 9.22. The number of piperazine rings is 1. The van der Waals surface area contributed by atoms with Crippen molar-refractivity contribution >= 4 is 21.4 Å². The van der Waals surface area contributed by atoms with Gasteiger partial charge in [-0.1, -0.05) is 6.07 Å². The lowest BCUT2D eigenvalue weighted by atomic mass is 10.2. The summed E-state index contributed by atoms with van der Waals surface area (Å²) in [7, 11) is -0.641. The molecule has 0 saturated carbocycles. The SMILES string of the molecule is COc1ccc(NS(=O)(=O)c2cccc3c2OC(F)(F)O3)cc1N1CCN(C)CC1. The van der Waals surface area contributed by atoms with Gasteiger partial charge in [-0.2, -0.15) is 0 Å². The number of fused-ring (bicyclic) bond motifs is 1. The van der Waals surface area contributed by atoms with Crippen LogP contribution < -0.4 is 23.8 Å². The van der Waals surface area contributed by atoms with Crippen molar-refractivity contribution < 1.29 is 31.4 Å². The molecular formula is C19H21F2N3O5S. The van der Waals surface area contributed by atoms with E-state index >= 15 is 0 Å². The molecule has 0 unspecified atom stereocenters. The predicted octanol–water partition coefficient (Wildman–Crippen LogP) is 2.57. The van der Waals surface area contributed by atoms with Crippen LogP contribution >= 0.6 is 0 Å². The molecule has 4 rings (SSSR count). The Bertz CT molecular complexity index is 1060. The molecule has 0 atom stereocenters. The monoisotopic (exact) mass is 441 g/mol. The summed E-state index contributed by atoms with van der Waals surface area (Å²) in [6, 6.07) is 8.57. The molecule has 11 heteroatoms. The van der Waals surface area contributed by atoms with Crippen LogP contribution in [0.3, 0.4) is 0 Å². The number of nitrogens with one attached hydrogen (secondary N) is 1. The molecule has 2 aromatic rings. The van der Waals surface area contributed by atoms with Gasteiger partial charge in [0, 0.05) is 26.2 Å². The van der Waals surface area contributed by atoms with E-state index < -0.39 is 27.0 Å². The number of methoxy groups -OCH3 is 1. The predicted molar refractivity (Wildman–Crippen MR) is 106 cm³/mol. The number of rotatable bonds is 5. The van der Waals surface area contributed by atoms with E-state index in [-0.39, 0.29) is 11.4 Å². The summed E-state index contributed by atoms with van der Waals surface area (Å²) < 4.78 is 69.3. The van der Waals surface area contributed by atoms with Gasteiger partial charge in [-0.15, -0.1) is 8.78 Å². The molecule has 0 radical (unpaired) electrons. The molecule has 2 aromatic carbocycles. The second-order valence-corrected chi connectivity index (χ2v) is 8.68. The highest BCUT2D eigenvalue weighted by Crippen LogP contribution is 2.45. The number of halogens is 2. The first kappa shape index (κ1) is 20.5. The number of alkyl halides is 2. The number of hydrogen-bond donors (Lipinski definition) is 1. The third kappa shape index (κ3) is 3.94. The van der Waals surface area contributed by atoms with Crippen LogP contribution in [-0.4, -0.2) is 59.9 Å². The van der Waals surface area contributed by atoms with Crippen molar-refractivity contribution in [3.05, 3.63) is 36.4 Å². The molecule has 0 bridgehead atoms. The Balaban J connectivity index is 1.64. The fourth-order valence-corrected chi connectivity index (χ4v) is 4.61. The molecule has 0 aliphatic carbocycles. The summed E-state index contributed by atoms with van der Waals surface area (Å²) in [5.74, 6) is -0.252. The summed E-state index contributed by atoms with van der Waals surface area (Å²) >= 11 is 0. The molecule has 2 aliphatic heterocycles. The number of likely N-dealkylation sites (N-methyl/N-ethyl adjacent to an activating group) is 1. The Labute approximate surface area is 173 Å². The minimum atomic E-state index is -4.22. The van der Waals surface area contributed by atoms with Crippen molar-refractivity contribution in [1.29, 1.82) is 0 Å². The molecule has 0 spiro atoms. The molecule has 2 aliphatic rings. The lowest BCUT2D eigenvalue weighted by molar-refractivity contribution is -0.287. The van der Waals surface area contributed by atoms with Gasteiger partial charge in [0.1, 0.15) is 10.6 Å². The number of ether oxygens (including phenoxy) is 3. The minimum absolute atomic E-state index is 0.271. The Morgan fingerprint density at radius 1 is 1.10 bits per heavy atom. The summed E-state index contributed by atoms with van der Waals surface area (Å²) in [6.45, 7) is 3.24. The molecule has 30 heavy (non-hydrogen) atoms. The van der Waals surface area contributed by atoms with E-state index in [9.17, 15) is 17.2 Å². The lowest BCUT2D eigenvalue weighted by Gasteiger charge is -2.35. The van der Waals surface area contributed by atoms with Gasteiger partial charge in [0.2, 0.25) is 0 Å². The Morgan fingerprint density at radius 2 is 1.83 bits per heavy atom. The number of sulfonamides is 1. The molecule has 1 saturated heterocycles. The third-order valence-corrected chi connectivity index (χ3v) is 6.36. The zero-order chi connectivity index (χ0) is 21.5. The van der Waals surface area contributed by atoms with Gasteiger partial charge >= 0.3 is 6.29 Å². The lowest BCUT2D eigenvalue weighted by Crippen LogP contribution is -2.44. The van der Waals surface area contributed by atoms with E-state index in [4.69, 9.17) is 4.74 Å². The average molecular weight is 441 g/mol. The summed E-state index contributed by atoms with van der Waals surface area (Å²) in [5, 5.41) is 0. The maximum atomic E-state index is 13.4. The van der Waals surface area contributed by atoms with Crippen LogP contribution in [-0.2, 0) is 10.0 Å². The quantitative estimate of drug-likeness (QED) is 0.764. The highest BCUT2D eigenvalue weighted by molar-refractivity contribution is 7.92. The Kier molecular flexibility index (Phi) is 5.10. The van der Waals surface area contributed by atoms with Crippen molar-refractivity contribution in [3.8, 4) is 17.2 Å². The highest BCUT2D eigenvalue weighted by Gasteiger charge is 2.46. The topological polar surface area (TPSA) is 80.3 Å². The fourth-order valence-electron chi connectivity index (χ4n) is 3.41. The van der Waals surface area contributed by atoms with Gasteiger partial charge in [0.05, 0.1) is 18.5 Å². The van der Waals surface area contributed by atoms with E-state index in [0.29, 0.717) is 5.75 Å². The van der Waals surface area contributed by atoms with Gasteiger partial charge in [-0.05, 0) is 37.4 Å². The normalized spacial score (nSPS) is 18.3. The molecular weight excluding hydrogens is 420 g/mol. The second-order valence-electron chi connectivity index (χ2n) is 7.03. The van der Waals surface area contributed by atoms with E-state index in [2.05, 4.69) is 24.0 Å². The first-order chi connectivity index (χ1) is 14.2. The number of benzene rings is 2. The van der Waals surface area contributed by atoms with Crippen LogP contribution in [0.4, 0.5) is 20.2 Å².